The van der Waals surface area contributed by atoms with Crippen molar-refractivity contribution in [2.45, 2.75) is 40.2 Å². The third-order valence-electron chi connectivity index (χ3n) is 2.74. The van der Waals surface area contributed by atoms with Crippen LogP contribution < -0.4 is 5.73 Å². The Balaban J connectivity index is 3.73. The van der Waals surface area contributed by atoms with Gasteiger partial charge in [0, 0.05) is 25.2 Å². The Labute approximate surface area is 87.6 Å². The molecule has 14 heavy (non-hydrogen) atoms. The van der Waals surface area contributed by atoms with E-state index in [0.29, 0.717) is 19.1 Å². The van der Waals surface area contributed by atoms with Crippen LogP contribution in [0.5, 0.6) is 0 Å². The van der Waals surface area contributed by atoms with Crippen molar-refractivity contribution in [3.05, 3.63) is 0 Å². The maximum Gasteiger partial charge on any atom is 0.0578 e. The summed E-state index contributed by atoms with van der Waals surface area (Å²) in [6.07, 6.45) is 0.434. The number of aliphatic hydroxyl groups excluding tert-OH is 1. The average Bonchev–Trinajstić information content (AvgIpc) is 2.11. The zero-order valence-corrected chi connectivity index (χ0v) is 9.92. The van der Waals surface area contributed by atoms with Gasteiger partial charge in [0.1, 0.15) is 0 Å². The molecular weight excluding hydrogens is 178 g/mol. The van der Waals surface area contributed by atoms with Gasteiger partial charge in [-0.1, -0.05) is 20.8 Å². The lowest BCUT2D eigenvalue weighted by Gasteiger charge is -2.31. The highest BCUT2D eigenvalue weighted by atomic mass is 16.5. The molecule has 3 N–H and O–H groups in total. The summed E-state index contributed by atoms with van der Waals surface area (Å²) in [6, 6.07) is 0. The molecule has 0 amide bonds. The van der Waals surface area contributed by atoms with Crippen molar-refractivity contribution >= 4 is 0 Å². The van der Waals surface area contributed by atoms with E-state index in [1.807, 2.05) is 6.92 Å². The summed E-state index contributed by atoms with van der Waals surface area (Å²) in [6.45, 7) is 9.98. The minimum Gasteiger partial charge on any atom is -0.393 e. The van der Waals surface area contributed by atoms with E-state index >= 15 is 0 Å². The molecule has 0 aliphatic heterocycles. The average molecular weight is 203 g/mol. The fourth-order valence-electron chi connectivity index (χ4n) is 1.11. The number of hydrogen-bond donors (Lipinski definition) is 2. The lowest BCUT2D eigenvalue weighted by molar-refractivity contribution is 0.0171. The van der Waals surface area contributed by atoms with Crippen LogP contribution in [0.2, 0.25) is 0 Å². The zero-order chi connectivity index (χ0) is 11.2. The topological polar surface area (TPSA) is 55.5 Å². The summed E-state index contributed by atoms with van der Waals surface area (Å²) in [5, 5.41) is 9.54. The Morgan fingerprint density at radius 1 is 1.36 bits per heavy atom. The van der Waals surface area contributed by atoms with Crippen LogP contribution in [0.3, 0.4) is 0 Å². The molecule has 0 aromatic rings. The number of rotatable bonds is 7. The summed E-state index contributed by atoms with van der Waals surface area (Å²) < 4.78 is 5.48. The minimum atomic E-state index is -0.379. The van der Waals surface area contributed by atoms with Gasteiger partial charge in [-0.3, -0.25) is 0 Å². The molecule has 3 heteroatoms. The first-order valence-electron chi connectivity index (χ1n) is 5.38. The monoisotopic (exact) mass is 203 g/mol. The normalized spacial score (nSPS) is 18.2. The minimum absolute atomic E-state index is 0.211. The van der Waals surface area contributed by atoms with E-state index in [2.05, 4.69) is 13.8 Å². The lowest BCUT2D eigenvalue weighted by Crippen LogP contribution is -2.38. The molecule has 86 valence electrons. The fourth-order valence-corrected chi connectivity index (χ4v) is 1.11. The first-order chi connectivity index (χ1) is 6.42. The molecule has 0 rings (SSSR count). The highest BCUT2D eigenvalue weighted by molar-refractivity contribution is 4.80. The number of ether oxygens (including phenoxy) is 1. The molecular formula is C11H25NO2. The lowest BCUT2D eigenvalue weighted by atomic mass is 9.82. The van der Waals surface area contributed by atoms with Gasteiger partial charge in [-0.2, -0.15) is 0 Å². The van der Waals surface area contributed by atoms with Gasteiger partial charge < -0.3 is 15.6 Å². The quantitative estimate of drug-likeness (QED) is 0.615. The molecule has 0 radical (unpaired) electrons. The van der Waals surface area contributed by atoms with Crippen molar-refractivity contribution in [3.8, 4) is 0 Å². The predicted octanol–water partition coefficient (Wildman–Crippen LogP) is 1.39. The standard InChI is InChI=1S/C11H25NO2/c1-9(2)7-14-6-5-11(4,8-12)10(3)13/h9-10,13H,5-8,12H2,1-4H3. The van der Waals surface area contributed by atoms with E-state index < -0.39 is 0 Å². The van der Waals surface area contributed by atoms with Gasteiger partial charge in [-0.05, 0) is 19.3 Å². The van der Waals surface area contributed by atoms with E-state index in [-0.39, 0.29) is 11.5 Å². The summed E-state index contributed by atoms with van der Waals surface area (Å²) in [7, 11) is 0. The Morgan fingerprint density at radius 2 is 1.93 bits per heavy atom. The van der Waals surface area contributed by atoms with E-state index in [0.717, 1.165) is 13.0 Å². The van der Waals surface area contributed by atoms with E-state index in [9.17, 15) is 5.11 Å². The van der Waals surface area contributed by atoms with Crippen LogP contribution in [0.25, 0.3) is 0 Å². The zero-order valence-electron chi connectivity index (χ0n) is 9.92. The van der Waals surface area contributed by atoms with Crippen molar-refractivity contribution in [2.24, 2.45) is 17.1 Å². The third-order valence-corrected chi connectivity index (χ3v) is 2.74. The summed E-state index contributed by atoms with van der Waals surface area (Å²) in [4.78, 5) is 0. The Morgan fingerprint density at radius 3 is 2.29 bits per heavy atom. The maximum atomic E-state index is 9.54. The first-order valence-corrected chi connectivity index (χ1v) is 5.38. The predicted molar refractivity (Wildman–Crippen MR) is 59.1 cm³/mol. The van der Waals surface area contributed by atoms with Crippen LogP contribution in [0, 0.1) is 11.3 Å². The summed E-state index contributed by atoms with van der Waals surface area (Å²) in [5.41, 5.74) is 5.42. The van der Waals surface area contributed by atoms with Gasteiger partial charge in [0.2, 0.25) is 0 Å². The third kappa shape index (κ3) is 4.94. The van der Waals surface area contributed by atoms with E-state index in [1.54, 1.807) is 6.92 Å². The van der Waals surface area contributed by atoms with Crippen LogP contribution >= 0.6 is 0 Å². The molecule has 2 atom stereocenters. The van der Waals surface area contributed by atoms with Gasteiger partial charge in [-0.15, -0.1) is 0 Å². The number of nitrogens with two attached hydrogens (primary N) is 1. The molecule has 0 heterocycles. The van der Waals surface area contributed by atoms with Crippen molar-refractivity contribution < 1.29 is 9.84 Å². The molecule has 0 aliphatic carbocycles. The molecule has 0 saturated heterocycles. The molecule has 0 fully saturated rings. The van der Waals surface area contributed by atoms with Gasteiger partial charge >= 0.3 is 0 Å². The van der Waals surface area contributed by atoms with Gasteiger partial charge in [0.25, 0.3) is 0 Å². The SMILES string of the molecule is CC(C)COCCC(C)(CN)C(C)O. The molecule has 0 aromatic heterocycles. The van der Waals surface area contributed by atoms with Gasteiger partial charge in [0.15, 0.2) is 0 Å². The Bertz CT molecular complexity index is 148. The van der Waals surface area contributed by atoms with Crippen LogP contribution in [0.1, 0.15) is 34.1 Å². The van der Waals surface area contributed by atoms with Crippen LogP contribution in [0.4, 0.5) is 0 Å². The van der Waals surface area contributed by atoms with Gasteiger partial charge in [0.05, 0.1) is 6.10 Å². The molecule has 3 nitrogen and oxygen atoms in total. The highest BCUT2D eigenvalue weighted by Gasteiger charge is 2.27. The van der Waals surface area contributed by atoms with Crippen LogP contribution in [0.15, 0.2) is 0 Å². The smallest absolute Gasteiger partial charge is 0.0578 e. The van der Waals surface area contributed by atoms with Crippen LogP contribution in [-0.2, 0) is 4.74 Å². The number of aliphatic hydroxyl groups is 1. The Hall–Kier alpha value is -0.120. The summed E-state index contributed by atoms with van der Waals surface area (Å²) in [5.74, 6) is 0.561. The van der Waals surface area contributed by atoms with Crippen LogP contribution in [-0.4, -0.2) is 31.0 Å². The van der Waals surface area contributed by atoms with E-state index in [4.69, 9.17) is 10.5 Å². The molecule has 0 aromatic carbocycles. The Kier molecular flexibility index (Phi) is 6.33. The number of hydrogen-bond acceptors (Lipinski definition) is 3. The second kappa shape index (κ2) is 6.38. The van der Waals surface area contributed by atoms with Crippen molar-refractivity contribution in [3.63, 3.8) is 0 Å². The van der Waals surface area contributed by atoms with Crippen molar-refractivity contribution in [2.75, 3.05) is 19.8 Å². The molecule has 0 bridgehead atoms. The summed E-state index contributed by atoms with van der Waals surface area (Å²) >= 11 is 0. The second-order valence-electron chi connectivity index (χ2n) is 4.75. The largest absolute Gasteiger partial charge is 0.393 e. The molecule has 0 saturated carbocycles. The highest BCUT2D eigenvalue weighted by Crippen LogP contribution is 2.24. The van der Waals surface area contributed by atoms with Crippen molar-refractivity contribution in [1.29, 1.82) is 0 Å². The van der Waals surface area contributed by atoms with Crippen molar-refractivity contribution in [1.82, 2.24) is 0 Å². The maximum absolute atomic E-state index is 9.54. The van der Waals surface area contributed by atoms with Gasteiger partial charge in [-0.25, -0.2) is 0 Å². The van der Waals surface area contributed by atoms with E-state index in [1.165, 1.54) is 0 Å². The molecule has 0 spiro atoms. The molecule has 2 unspecified atom stereocenters. The first kappa shape index (κ1) is 13.9. The second-order valence-corrected chi connectivity index (χ2v) is 4.75. The molecule has 0 aliphatic rings. The fraction of sp³-hybridized carbons (Fsp3) is 1.00.